The highest BCUT2D eigenvalue weighted by Gasteiger charge is 2.29. The van der Waals surface area contributed by atoms with Gasteiger partial charge in [0.2, 0.25) is 10.0 Å². The lowest BCUT2D eigenvalue weighted by atomic mass is 10.00. The normalized spacial score (nSPS) is 18.1. The largest absolute Gasteiger partial charge is 0.495 e. The summed E-state index contributed by atoms with van der Waals surface area (Å²) in [5, 5.41) is 9.10. The van der Waals surface area contributed by atoms with E-state index in [-0.39, 0.29) is 17.4 Å². The average molecular weight is 300 g/mol. The van der Waals surface area contributed by atoms with Crippen LogP contribution in [0.1, 0.15) is 12.8 Å². The van der Waals surface area contributed by atoms with Crippen LogP contribution >= 0.6 is 0 Å². The number of ether oxygens (including phenoxy) is 1. The molecule has 0 aromatic heterocycles. The zero-order valence-electron chi connectivity index (χ0n) is 11.4. The molecule has 0 bridgehead atoms. The first-order valence-electron chi connectivity index (χ1n) is 6.53. The lowest BCUT2D eigenvalue weighted by Gasteiger charge is -2.30. The highest BCUT2D eigenvalue weighted by molar-refractivity contribution is 7.89. The zero-order valence-corrected chi connectivity index (χ0v) is 12.3. The van der Waals surface area contributed by atoms with Crippen LogP contribution in [0.15, 0.2) is 23.1 Å². The van der Waals surface area contributed by atoms with Crippen LogP contribution in [0.25, 0.3) is 0 Å². The summed E-state index contributed by atoms with van der Waals surface area (Å²) in [5.74, 6) is 0.554. The number of methoxy groups -OCH3 is 1. The highest BCUT2D eigenvalue weighted by atomic mass is 32.2. The monoisotopic (exact) mass is 300 g/mol. The molecule has 1 aliphatic rings. The summed E-state index contributed by atoms with van der Waals surface area (Å²) in [6.07, 6.45) is 1.36. The predicted octanol–water partition coefficient (Wildman–Crippen LogP) is 0.670. The number of hydrogen-bond acceptors (Lipinski definition) is 5. The van der Waals surface area contributed by atoms with Crippen LogP contribution in [-0.2, 0) is 10.0 Å². The third kappa shape index (κ3) is 2.89. The van der Waals surface area contributed by atoms with Crippen LogP contribution in [0, 0.1) is 5.92 Å². The number of nitrogens with two attached hydrogens (primary N) is 1. The predicted molar refractivity (Wildman–Crippen MR) is 76.0 cm³/mol. The van der Waals surface area contributed by atoms with Gasteiger partial charge in [-0.05, 0) is 30.9 Å². The van der Waals surface area contributed by atoms with Gasteiger partial charge in [-0.25, -0.2) is 8.42 Å². The van der Waals surface area contributed by atoms with Gasteiger partial charge in [0.25, 0.3) is 0 Å². The number of nitrogen functional groups attached to an aromatic ring is 1. The zero-order chi connectivity index (χ0) is 14.8. The van der Waals surface area contributed by atoms with Gasteiger partial charge < -0.3 is 15.6 Å². The Hall–Kier alpha value is -1.31. The molecule has 0 amide bonds. The molecule has 0 atom stereocenters. The van der Waals surface area contributed by atoms with Crippen LogP contribution in [0.3, 0.4) is 0 Å². The van der Waals surface area contributed by atoms with E-state index in [9.17, 15) is 8.42 Å². The molecule has 1 aliphatic heterocycles. The lowest BCUT2D eigenvalue weighted by Crippen LogP contribution is -2.39. The van der Waals surface area contributed by atoms with Crippen molar-refractivity contribution in [3.63, 3.8) is 0 Å². The lowest BCUT2D eigenvalue weighted by molar-refractivity contribution is 0.170. The first-order valence-corrected chi connectivity index (χ1v) is 7.97. The van der Waals surface area contributed by atoms with Crippen LogP contribution in [0.5, 0.6) is 5.75 Å². The Morgan fingerprint density at radius 1 is 1.40 bits per heavy atom. The van der Waals surface area contributed by atoms with Crippen LogP contribution in [-0.4, -0.2) is 44.6 Å². The molecule has 0 radical (unpaired) electrons. The van der Waals surface area contributed by atoms with E-state index in [4.69, 9.17) is 15.6 Å². The summed E-state index contributed by atoms with van der Waals surface area (Å²) in [4.78, 5) is 0.186. The number of nitrogens with zero attached hydrogens (tertiary/aromatic N) is 1. The smallest absolute Gasteiger partial charge is 0.243 e. The summed E-state index contributed by atoms with van der Waals surface area (Å²) in [7, 11) is -2.07. The number of piperidine rings is 1. The average Bonchev–Trinajstić information content (AvgIpc) is 2.47. The second kappa shape index (κ2) is 5.99. The minimum atomic E-state index is -3.53. The Morgan fingerprint density at radius 2 is 2.05 bits per heavy atom. The molecular formula is C13H20N2O4S. The molecule has 0 aliphatic carbocycles. The van der Waals surface area contributed by atoms with Crippen LogP contribution in [0.2, 0.25) is 0 Å². The maximum atomic E-state index is 12.5. The van der Waals surface area contributed by atoms with E-state index in [0.29, 0.717) is 37.4 Å². The second-order valence-electron chi connectivity index (χ2n) is 4.93. The third-order valence-electron chi connectivity index (χ3n) is 3.67. The second-order valence-corrected chi connectivity index (χ2v) is 6.87. The Morgan fingerprint density at radius 3 is 2.60 bits per heavy atom. The van der Waals surface area contributed by atoms with E-state index in [2.05, 4.69) is 0 Å². The Labute approximate surface area is 119 Å². The molecule has 7 heteroatoms. The number of sulfonamides is 1. The Kier molecular flexibility index (Phi) is 4.52. The van der Waals surface area contributed by atoms with Crippen molar-refractivity contribution in [2.24, 2.45) is 5.92 Å². The molecule has 6 nitrogen and oxygen atoms in total. The first kappa shape index (κ1) is 15.1. The van der Waals surface area contributed by atoms with Crippen molar-refractivity contribution in [3.8, 4) is 5.75 Å². The number of hydrogen-bond donors (Lipinski definition) is 2. The van der Waals surface area contributed by atoms with Gasteiger partial charge >= 0.3 is 0 Å². The van der Waals surface area contributed by atoms with Crippen molar-refractivity contribution in [2.75, 3.05) is 32.5 Å². The molecule has 20 heavy (non-hydrogen) atoms. The van der Waals surface area contributed by atoms with Crippen molar-refractivity contribution in [1.82, 2.24) is 4.31 Å². The van der Waals surface area contributed by atoms with E-state index in [0.717, 1.165) is 0 Å². The summed E-state index contributed by atoms with van der Waals surface area (Å²) in [6, 6.07) is 4.47. The van der Waals surface area contributed by atoms with Gasteiger partial charge in [0.1, 0.15) is 5.75 Å². The van der Waals surface area contributed by atoms with Crippen molar-refractivity contribution in [2.45, 2.75) is 17.7 Å². The van der Waals surface area contributed by atoms with Gasteiger partial charge in [0.15, 0.2) is 0 Å². The summed E-state index contributed by atoms with van der Waals surface area (Å²) >= 11 is 0. The topological polar surface area (TPSA) is 92.9 Å². The van der Waals surface area contributed by atoms with Crippen molar-refractivity contribution in [3.05, 3.63) is 18.2 Å². The van der Waals surface area contributed by atoms with E-state index in [1.165, 1.54) is 29.6 Å². The summed E-state index contributed by atoms with van der Waals surface area (Å²) < 4.78 is 31.6. The summed E-state index contributed by atoms with van der Waals surface area (Å²) in [6.45, 7) is 0.976. The summed E-state index contributed by atoms with van der Waals surface area (Å²) in [5.41, 5.74) is 6.10. The number of aliphatic hydroxyl groups is 1. The molecular weight excluding hydrogens is 280 g/mol. The van der Waals surface area contributed by atoms with Gasteiger partial charge in [-0.2, -0.15) is 4.31 Å². The van der Waals surface area contributed by atoms with Crippen molar-refractivity contribution < 1.29 is 18.3 Å². The van der Waals surface area contributed by atoms with Gasteiger partial charge in [0, 0.05) is 25.8 Å². The van der Waals surface area contributed by atoms with Crippen molar-refractivity contribution >= 4 is 15.7 Å². The number of anilines is 1. The van der Waals surface area contributed by atoms with Crippen LogP contribution < -0.4 is 10.5 Å². The van der Waals surface area contributed by atoms with Gasteiger partial charge in [-0.1, -0.05) is 0 Å². The standard InChI is InChI=1S/C13H20N2O4S/c1-19-13-8-11(2-3-12(13)14)20(17,18)15-6-4-10(9-16)5-7-15/h2-3,8,10,16H,4-7,9,14H2,1H3. The molecule has 2 rings (SSSR count). The van der Waals surface area contributed by atoms with Crippen LogP contribution in [0.4, 0.5) is 5.69 Å². The maximum absolute atomic E-state index is 12.5. The SMILES string of the molecule is COc1cc(S(=O)(=O)N2CCC(CO)CC2)ccc1N. The van der Waals surface area contributed by atoms with E-state index < -0.39 is 10.0 Å². The fraction of sp³-hybridized carbons (Fsp3) is 0.538. The number of rotatable bonds is 4. The molecule has 1 aromatic carbocycles. The van der Waals surface area contributed by atoms with E-state index >= 15 is 0 Å². The molecule has 1 saturated heterocycles. The van der Waals surface area contributed by atoms with Gasteiger partial charge in [-0.3, -0.25) is 0 Å². The quantitative estimate of drug-likeness (QED) is 0.797. The number of benzene rings is 1. The Balaban J connectivity index is 2.22. The maximum Gasteiger partial charge on any atom is 0.243 e. The molecule has 0 saturated carbocycles. The molecule has 112 valence electrons. The molecule has 0 unspecified atom stereocenters. The molecule has 0 spiro atoms. The Bertz CT molecular complexity index is 566. The molecule has 1 fully saturated rings. The fourth-order valence-electron chi connectivity index (χ4n) is 2.33. The van der Waals surface area contributed by atoms with Crippen molar-refractivity contribution in [1.29, 1.82) is 0 Å². The van der Waals surface area contributed by atoms with E-state index in [1.807, 2.05) is 0 Å². The first-order chi connectivity index (χ1) is 9.48. The minimum absolute atomic E-state index is 0.115. The molecule has 1 aromatic rings. The number of aliphatic hydroxyl groups excluding tert-OH is 1. The fourth-order valence-corrected chi connectivity index (χ4v) is 3.82. The molecule has 3 N–H and O–H groups in total. The van der Waals surface area contributed by atoms with Gasteiger partial charge in [-0.15, -0.1) is 0 Å². The highest BCUT2D eigenvalue weighted by Crippen LogP contribution is 2.28. The molecule has 1 heterocycles. The minimum Gasteiger partial charge on any atom is -0.495 e. The van der Waals surface area contributed by atoms with E-state index in [1.54, 1.807) is 0 Å². The van der Waals surface area contributed by atoms with Gasteiger partial charge in [0.05, 0.1) is 17.7 Å². The third-order valence-corrected chi connectivity index (χ3v) is 5.57.